The number of aromatic nitrogens is 1. The van der Waals surface area contributed by atoms with Crippen molar-refractivity contribution < 1.29 is 9.90 Å². The summed E-state index contributed by atoms with van der Waals surface area (Å²) in [5.74, 6) is -0.975. The first-order chi connectivity index (χ1) is 9.15. The van der Waals surface area contributed by atoms with Crippen molar-refractivity contribution in [3.63, 3.8) is 0 Å². The topological polar surface area (TPSA) is 53.4 Å². The van der Waals surface area contributed by atoms with Crippen LogP contribution in [0.5, 0.6) is 0 Å². The predicted molar refractivity (Wildman–Crippen MR) is 77.4 cm³/mol. The van der Waals surface area contributed by atoms with E-state index in [1.807, 2.05) is 24.3 Å². The van der Waals surface area contributed by atoms with Gasteiger partial charge in [-0.05, 0) is 30.7 Å². The molecule has 3 rings (SSSR count). The van der Waals surface area contributed by atoms with Crippen LogP contribution in [0.3, 0.4) is 0 Å². The zero-order chi connectivity index (χ0) is 13.4. The average molecular weight is 321 g/mol. The fraction of sp³-hybridized carbons (Fsp3) is 0.286. The van der Waals surface area contributed by atoms with Crippen LogP contribution in [0.15, 0.2) is 34.9 Å². The summed E-state index contributed by atoms with van der Waals surface area (Å²) in [5, 5.41) is 10.1. The van der Waals surface area contributed by atoms with Crippen molar-refractivity contribution in [3.05, 3.63) is 34.9 Å². The Morgan fingerprint density at radius 1 is 1.42 bits per heavy atom. The molecule has 98 valence electrons. The summed E-state index contributed by atoms with van der Waals surface area (Å²) in [7, 11) is 0. The number of pyridine rings is 1. The van der Waals surface area contributed by atoms with Crippen molar-refractivity contribution in [1.29, 1.82) is 0 Å². The van der Waals surface area contributed by atoms with Crippen molar-refractivity contribution in [2.24, 2.45) is 5.92 Å². The van der Waals surface area contributed by atoms with Crippen LogP contribution in [0.1, 0.15) is 6.42 Å². The van der Waals surface area contributed by atoms with Gasteiger partial charge in [-0.2, -0.15) is 0 Å². The third kappa shape index (κ3) is 2.30. The fourth-order valence-corrected chi connectivity index (χ4v) is 2.92. The van der Waals surface area contributed by atoms with Gasteiger partial charge in [0.25, 0.3) is 0 Å². The van der Waals surface area contributed by atoms with Gasteiger partial charge in [-0.3, -0.25) is 9.78 Å². The lowest BCUT2D eigenvalue weighted by atomic mass is 10.1. The van der Waals surface area contributed by atoms with Gasteiger partial charge in [-0.1, -0.05) is 15.9 Å². The first-order valence-electron chi connectivity index (χ1n) is 6.17. The fourth-order valence-electron chi connectivity index (χ4n) is 2.56. The Bertz CT molecular complexity index is 644. The number of rotatable bonds is 2. The second-order valence-corrected chi connectivity index (χ2v) is 5.68. The molecule has 1 atom stereocenters. The molecule has 1 aliphatic rings. The van der Waals surface area contributed by atoms with Crippen LogP contribution < -0.4 is 4.90 Å². The molecular formula is C14H13BrN2O2. The molecule has 0 amide bonds. The Kier molecular flexibility index (Phi) is 3.14. The number of hydrogen-bond donors (Lipinski definition) is 1. The number of benzene rings is 1. The quantitative estimate of drug-likeness (QED) is 0.924. The molecule has 0 radical (unpaired) electrons. The van der Waals surface area contributed by atoms with Crippen LogP contribution >= 0.6 is 15.9 Å². The number of hydrogen-bond acceptors (Lipinski definition) is 3. The Balaban J connectivity index is 2.01. The lowest BCUT2D eigenvalue weighted by Crippen LogP contribution is -2.22. The summed E-state index contributed by atoms with van der Waals surface area (Å²) in [6, 6.07) is 7.92. The molecule has 19 heavy (non-hydrogen) atoms. The first-order valence-corrected chi connectivity index (χ1v) is 6.96. The maximum Gasteiger partial charge on any atom is 0.308 e. The molecule has 1 saturated heterocycles. The maximum absolute atomic E-state index is 11.0. The van der Waals surface area contributed by atoms with E-state index in [-0.39, 0.29) is 5.92 Å². The van der Waals surface area contributed by atoms with Crippen LogP contribution in [-0.4, -0.2) is 29.1 Å². The third-order valence-electron chi connectivity index (χ3n) is 3.56. The van der Waals surface area contributed by atoms with Crippen molar-refractivity contribution >= 4 is 38.5 Å². The highest BCUT2D eigenvalue weighted by Crippen LogP contribution is 2.31. The zero-order valence-corrected chi connectivity index (χ0v) is 11.8. The van der Waals surface area contributed by atoms with Gasteiger partial charge in [0.1, 0.15) is 0 Å². The molecular weight excluding hydrogens is 308 g/mol. The molecule has 4 nitrogen and oxygen atoms in total. The van der Waals surface area contributed by atoms with Gasteiger partial charge in [0, 0.05) is 34.8 Å². The van der Waals surface area contributed by atoms with E-state index < -0.39 is 5.97 Å². The standard InChI is InChI=1S/C14H13BrN2O2/c15-10-1-2-12-11(7-10)13(3-5-16-12)17-6-4-9(8-17)14(18)19/h1-3,5,7,9H,4,6,8H2,(H,18,19). The smallest absolute Gasteiger partial charge is 0.308 e. The minimum Gasteiger partial charge on any atom is -0.481 e. The molecule has 1 aromatic heterocycles. The van der Waals surface area contributed by atoms with E-state index in [0.717, 1.165) is 27.6 Å². The second kappa shape index (κ2) is 4.81. The van der Waals surface area contributed by atoms with E-state index in [4.69, 9.17) is 5.11 Å². The van der Waals surface area contributed by atoms with E-state index in [1.54, 1.807) is 6.20 Å². The minimum absolute atomic E-state index is 0.268. The number of halogens is 1. The van der Waals surface area contributed by atoms with Crippen LogP contribution in [0, 0.1) is 5.92 Å². The molecule has 0 saturated carbocycles. The summed E-state index contributed by atoms with van der Waals surface area (Å²) in [4.78, 5) is 17.5. The Labute approximate surface area is 119 Å². The summed E-state index contributed by atoms with van der Waals surface area (Å²) < 4.78 is 1.00. The summed E-state index contributed by atoms with van der Waals surface area (Å²) >= 11 is 3.47. The van der Waals surface area contributed by atoms with Crippen LogP contribution in [0.4, 0.5) is 5.69 Å². The highest BCUT2D eigenvalue weighted by Gasteiger charge is 2.28. The number of carboxylic acids is 1. The van der Waals surface area contributed by atoms with Gasteiger partial charge >= 0.3 is 5.97 Å². The van der Waals surface area contributed by atoms with Crippen molar-refractivity contribution in [2.75, 3.05) is 18.0 Å². The van der Waals surface area contributed by atoms with E-state index in [2.05, 4.69) is 25.8 Å². The van der Waals surface area contributed by atoms with Gasteiger partial charge in [0.2, 0.25) is 0 Å². The number of nitrogens with zero attached hydrogens (tertiary/aromatic N) is 2. The second-order valence-electron chi connectivity index (χ2n) is 4.76. The molecule has 2 heterocycles. The molecule has 1 aromatic carbocycles. The average Bonchev–Trinajstić information content (AvgIpc) is 2.87. The first kappa shape index (κ1) is 12.4. The highest BCUT2D eigenvalue weighted by atomic mass is 79.9. The molecule has 0 aliphatic carbocycles. The van der Waals surface area contributed by atoms with Crippen molar-refractivity contribution in [3.8, 4) is 0 Å². The highest BCUT2D eigenvalue weighted by molar-refractivity contribution is 9.10. The lowest BCUT2D eigenvalue weighted by Gasteiger charge is -2.20. The predicted octanol–water partition coefficient (Wildman–Crippen LogP) is 2.91. The molecule has 2 aromatic rings. The number of aliphatic carboxylic acids is 1. The number of carboxylic acid groups (broad SMARTS) is 1. The van der Waals surface area contributed by atoms with Gasteiger partial charge in [0.15, 0.2) is 0 Å². The molecule has 0 spiro atoms. The molecule has 1 unspecified atom stereocenters. The lowest BCUT2D eigenvalue weighted by molar-refractivity contribution is -0.140. The van der Waals surface area contributed by atoms with Crippen LogP contribution in [0.2, 0.25) is 0 Å². The Hall–Kier alpha value is -1.62. The van der Waals surface area contributed by atoms with E-state index >= 15 is 0 Å². The monoisotopic (exact) mass is 320 g/mol. The van der Waals surface area contributed by atoms with Gasteiger partial charge in [-0.15, -0.1) is 0 Å². The largest absolute Gasteiger partial charge is 0.481 e. The molecule has 1 N–H and O–H groups in total. The third-order valence-corrected chi connectivity index (χ3v) is 4.05. The molecule has 1 fully saturated rings. The van der Waals surface area contributed by atoms with E-state index in [1.165, 1.54) is 0 Å². The minimum atomic E-state index is -0.706. The zero-order valence-electron chi connectivity index (χ0n) is 10.2. The van der Waals surface area contributed by atoms with Crippen molar-refractivity contribution in [1.82, 2.24) is 4.98 Å². The normalized spacial score (nSPS) is 19.0. The summed E-state index contributed by atoms with van der Waals surface area (Å²) in [6.07, 6.45) is 2.48. The number of fused-ring (bicyclic) bond motifs is 1. The molecule has 5 heteroatoms. The SMILES string of the molecule is O=C(O)C1CCN(c2ccnc3ccc(Br)cc23)C1. The van der Waals surface area contributed by atoms with Gasteiger partial charge in [0.05, 0.1) is 11.4 Å². The van der Waals surface area contributed by atoms with Crippen molar-refractivity contribution in [2.45, 2.75) is 6.42 Å². The molecule has 1 aliphatic heterocycles. The van der Waals surface area contributed by atoms with Crippen LogP contribution in [-0.2, 0) is 4.79 Å². The molecule has 0 bridgehead atoms. The van der Waals surface area contributed by atoms with Crippen LogP contribution in [0.25, 0.3) is 10.9 Å². The number of carbonyl (C=O) groups is 1. The van der Waals surface area contributed by atoms with E-state index in [0.29, 0.717) is 13.0 Å². The van der Waals surface area contributed by atoms with Gasteiger partial charge < -0.3 is 10.0 Å². The Morgan fingerprint density at radius 3 is 3.00 bits per heavy atom. The van der Waals surface area contributed by atoms with Gasteiger partial charge in [-0.25, -0.2) is 0 Å². The summed E-state index contributed by atoms with van der Waals surface area (Å²) in [5.41, 5.74) is 1.99. The Morgan fingerprint density at radius 2 is 2.26 bits per heavy atom. The maximum atomic E-state index is 11.0. The van der Waals surface area contributed by atoms with E-state index in [9.17, 15) is 4.79 Å². The summed E-state index contributed by atoms with van der Waals surface area (Å²) in [6.45, 7) is 1.35. The number of anilines is 1.